The van der Waals surface area contributed by atoms with Gasteiger partial charge in [-0.05, 0) is 57.6 Å². The Morgan fingerprint density at radius 3 is 2.46 bits per heavy atom. The molecule has 26 heavy (non-hydrogen) atoms. The predicted molar refractivity (Wildman–Crippen MR) is 103 cm³/mol. The lowest BCUT2D eigenvalue weighted by Gasteiger charge is -2.31. The van der Waals surface area contributed by atoms with Gasteiger partial charge in [0.15, 0.2) is 0 Å². The van der Waals surface area contributed by atoms with Crippen molar-refractivity contribution in [3.05, 3.63) is 35.4 Å². The lowest BCUT2D eigenvalue weighted by atomic mass is 10.1. The second-order valence-electron chi connectivity index (χ2n) is 8.70. The van der Waals surface area contributed by atoms with Crippen LogP contribution in [0.1, 0.15) is 57.2 Å². The first-order valence-corrected chi connectivity index (χ1v) is 9.63. The van der Waals surface area contributed by atoms with Crippen molar-refractivity contribution in [1.82, 2.24) is 15.1 Å². The fourth-order valence-electron chi connectivity index (χ4n) is 3.82. The van der Waals surface area contributed by atoms with Gasteiger partial charge in [-0.25, -0.2) is 0 Å². The van der Waals surface area contributed by atoms with Gasteiger partial charge in [0, 0.05) is 24.7 Å². The third-order valence-electron chi connectivity index (χ3n) is 5.16. The summed E-state index contributed by atoms with van der Waals surface area (Å²) in [7, 11) is 1.72. The predicted octanol–water partition coefficient (Wildman–Crippen LogP) is 2.51. The van der Waals surface area contributed by atoms with Crippen LogP contribution in [0.3, 0.4) is 0 Å². The van der Waals surface area contributed by atoms with Gasteiger partial charge >= 0.3 is 0 Å². The van der Waals surface area contributed by atoms with Crippen LogP contribution in [-0.2, 0) is 16.0 Å². The Morgan fingerprint density at radius 2 is 1.81 bits per heavy atom. The molecule has 1 unspecified atom stereocenters. The highest BCUT2D eigenvalue weighted by atomic mass is 16.2. The maximum atomic E-state index is 12.8. The van der Waals surface area contributed by atoms with E-state index < -0.39 is 0 Å². The van der Waals surface area contributed by atoms with Gasteiger partial charge in [-0.2, -0.15) is 0 Å². The van der Waals surface area contributed by atoms with E-state index in [-0.39, 0.29) is 23.9 Å². The fraction of sp³-hybridized carbons (Fsp3) is 0.619. The molecule has 1 fully saturated rings. The molecule has 5 heteroatoms. The van der Waals surface area contributed by atoms with E-state index in [9.17, 15) is 9.59 Å². The summed E-state index contributed by atoms with van der Waals surface area (Å²) in [6.45, 7) is 6.33. The Kier molecular flexibility index (Phi) is 5.37. The molecule has 0 spiro atoms. The summed E-state index contributed by atoms with van der Waals surface area (Å²) in [4.78, 5) is 28.8. The van der Waals surface area contributed by atoms with Gasteiger partial charge < -0.3 is 10.2 Å². The van der Waals surface area contributed by atoms with Crippen LogP contribution in [0.5, 0.6) is 0 Å². The Labute approximate surface area is 156 Å². The summed E-state index contributed by atoms with van der Waals surface area (Å²) in [5.41, 5.74) is 2.50. The molecule has 2 aliphatic carbocycles. The molecule has 1 aromatic rings. The van der Waals surface area contributed by atoms with Gasteiger partial charge in [-0.15, -0.1) is 0 Å². The maximum Gasteiger partial charge on any atom is 0.240 e. The van der Waals surface area contributed by atoms with Crippen LogP contribution < -0.4 is 5.32 Å². The first-order valence-electron chi connectivity index (χ1n) is 9.63. The number of hydrogen-bond donors (Lipinski definition) is 1. The van der Waals surface area contributed by atoms with E-state index >= 15 is 0 Å². The molecule has 0 aromatic heterocycles. The fourth-order valence-corrected chi connectivity index (χ4v) is 3.82. The molecule has 3 rings (SSSR count). The minimum absolute atomic E-state index is 0.0188. The van der Waals surface area contributed by atoms with Gasteiger partial charge in [-0.3, -0.25) is 14.5 Å². The molecule has 1 atom stereocenters. The minimum atomic E-state index is -0.283. The van der Waals surface area contributed by atoms with E-state index in [1.807, 2.05) is 20.8 Å². The van der Waals surface area contributed by atoms with Crippen LogP contribution in [-0.4, -0.2) is 53.3 Å². The largest absolute Gasteiger partial charge is 0.350 e. The number of nitrogens with one attached hydrogen (secondary N) is 1. The van der Waals surface area contributed by atoms with Gasteiger partial charge in [-0.1, -0.05) is 24.3 Å². The molecule has 0 radical (unpaired) electrons. The van der Waals surface area contributed by atoms with E-state index in [4.69, 9.17) is 0 Å². The van der Waals surface area contributed by atoms with Gasteiger partial charge in [0.05, 0.1) is 13.1 Å². The molecular formula is C21H31N3O2. The third kappa shape index (κ3) is 4.64. The lowest BCUT2D eigenvalue weighted by Crippen LogP contribution is -2.48. The molecule has 2 aliphatic rings. The van der Waals surface area contributed by atoms with E-state index in [1.165, 1.54) is 24.0 Å². The monoisotopic (exact) mass is 357 g/mol. The highest BCUT2D eigenvalue weighted by Crippen LogP contribution is 2.41. The number of likely N-dealkylation sites (N-methyl/N-ethyl adjacent to an activating group) is 1. The van der Waals surface area contributed by atoms with Crippen LogP contribution in [0, 0.1) is 0 Å². The Balaban J connectivity index is 1.62. The summed E-state index contributed by atoms with van der Waals surface area (Å²) < 4.78 is 0. The SMILES string of the molecule is CN(CC(=O)NC(C)(C)C)C(=O)CN(C1CC1)C1CCc2ccccc21. The Hall–Kier alpha value is -1.88. The smallest absolute Gasteiger partial charge is 0.240 e. The molecule has 1 aromatic carbocycles. The van der Waals surface area contributed by atoms with Crippen molar-refractivity contribution in [2.24, 2.45) is 0 Å². The molecule has 1 saturated carbocycles. The zero-order valence-corrected chi connectivity index (χ0v) is 16.4. The number of hydrogen-bond acceptors (Lipinski definition) is 3. The van der Waals surface area contributed by atoms with Crippen molar-refractivity contribution >= 4 is 11.8 Å². The standard InChI is InChI=1S/C21H31N3O2/c1-21(2,3)22-19(25)13-23(4)20(26)14-24(16-10-11-16)18-12-9-15-7-5-6-8-17(15)18/h5-8,16,18H,9-14H2,1-4H3,(H,22,25). The summed E-state index contributed by atoms with van der Waals surface area (Å²) >= 11 is 0. The molecule has 2 amide bonds. The number of benzene rings is 1. The average Bonchev–Trinajstić information content (AvgIpc) is 3.30. The van der Waals surface area contributed by atoms with Crippen molar-refractivity contribution < 1.29 is 9.59 Å². The zero-order valence-electron chi connectivity index (χ0n) is 16.4. The Bertz CT molecular complexity index is 676. The summed E-state index contributed by atoms with van der Waals surface area (Å²) in [5.74, 6) is -0.0946. The summed E-state index contributed by atoms with van der Waals surface area (Å²) in [6.07, 6.45) is 4.50. The number of carbonyl (C=O) groups excluding carboxylic acids is 2. The van der Waals surface area contributed by atoms with Crippen LogP contribution in [0.2, 0.25) is 0 Å². The average molecular weight is 357 g/mol. The number of carbonyl (C=O) groups is 2. The number of aryl methyl sites for hydroxylation is 1. The molecule has 142 valence electrons. The van der Waals surface area contributed by atoms with E-state index in [0.29, 0.717) is 18.6 Å². The summed E-state index contributed by atoms with van der Waals surface area (Å²) in [5, 5.41) is 2.92. The van der Waals surface area contributed by atoms with E-state index in [1.54, 1.807) is 11.9 Å². The van der Waals surface area contributed by atoms with E-state index in [2.05, 4.69) is 34.5 Å². The second kappa shape index (κ2) is 7.39. The molecule has 0 bridgehead atoms. The summed E-state index contributed by atoms with van der Waals surface area (Å²) in [6, 6.07) is 9.42. The minimum Gasteiger partial charge on any atom is -0.350 e. The van der Waals surface area contributed by atoms with Crippen molar-refractivity contribution in [3.63, 3.8) is 0 Å². The zero-order chi connectivity index (χ0) is 18.9. The lowest BCUT2D eigenvalue weighted by molar-refractivity contribution is -0.136. The van der Waals surface area contributed by atoms with Gasteiger partial charge in [0.2, 0.25) is 11.8 Å². The quantitative estimate of drug-likeness (QED) is 0.851. The maximum absolute atomic E-state index is 12.8. The number of amides is 2. The Morgan fingerprint density at radius 1 is 1.12 bits per heavy atom. The highest BCUT2D eigenvalue weighted by Gasteiger charge is 2.38. The van der Waals surface area contributed by atoms with Crippen LogP contribution in [0.15, 0.2) is 24.3 Å². The van der Waals surface area contributed by atoms with E-state index in [0.717, 1.165) is 12.8 Å². The molecule has 5 nitrogen and oxygen atoms in total. The van der Waals surface area contributed by atoms with Crippen LogP contribution >= 0.6 is 0 Å². The number of nitrogens with zero attached hydrogens (tertiary/aromatic N) is 2. The number of fused-ring (bicyclic) bond motifs is 1. The van der Waals surface area contributed by atoms with Crippen molar-refractivity contribution in [2.45, 2.75) is 64.1 Å². The van der Waals surface area contributed by atoms with Crippen LogP contribution in [0.4, 0.5) is 0 Å². The first-order chi connectivity index (χ1) is 12.2. The normalized spacial score (nSPS) is 19.3. The molecule has 1 N–H and O–H groups in total. The number of rotatable bonds is 6. The highest BCUT2D eigenvalue weighted by molar-refractivity contribution is 5.85. The van der Waals surface area contributed by atoms with Crippen molar-refractivity contribution in [3.8, 4) is 0 Å². The van der Waals surface area contributed by atoms with Gasteiger partial charge in [0.1, 0.15) is 0 Å². The first kappa shape index (κ1) is 18.9. The molecule has 0 heterocycles. The second-order valence-corrected chi connectivity index (χ2v) is 8.70. The molecule has 0 aliphatic heterocycles. The molecule has 0 saturated heterocycles. The molecular weight excluding hydrogens is 326 g/mol. The third-order valence-corrected chi connectivity index (χ3v) is 5.16. The van der Waals surface area contributed by atoms with Crippen molar-refractivity contribution in [1.29, 1.82) is 0 Å². The van der Waals surface area contributed by atoms with Crippen molar-refractivity contribution in [2.75, 3.05) is 20.1 Å². The van der Waals surface area contributed by atoms with Gasteiger partial charge in [0.25, 0.3) is 0 Å². The van der Waals surface area contributed by atoms with Crippen LogP contribution in [0.25, 0.3) is 0 Å². The topological polar surface area (TPSA) is 52.7 Å².